The Hall–Kier alpha value is -2.85. The molecule has 0 unspecified atom stereocenters. The van der Waals surface area contributed by atoms with Crippen molar-refractivity contribution in [1.29, 1.82) is 0 Å². The first-order valence-corrected chi connectivity index (χ1v) is 9.24. The van der Waals surface area contributed by atoms with Gasteiger partial charge in [0.25, 0.3) is 5.56 Å². The van der Waals surface area contributed by atoms with Gasteiger partial charge in [-0.25, -0.2) is 4.98 Å². The summed E-state index contributed by atoms with van der Waals surface area (Å²) >= 11 is 6.34. The fourth-order valence-electron chi connectivity index (χ4n) is 3.56. The van der Waals surface area contributed by atoms with Crippen LogP contribution in [0.2, 0.25) is 5.02 Å². The van der Waals surface area contributed by atoms with E-state index >= 15 is 0 Å². The molecule has 0 fully saturated rings. The van der Waals surface area contributed by atoms with E-state index in [1.54, 1.807) is 10.6 Å². The van der Waals surface area contributed by atoms with Gasteiger partial charge in [0.2, 0.25) is 0 Å². The predicted octanol–water partition coefficient (Wildman–Crippen LogP) is 4.81. The summed E-state index contributed by atoms with van der Waals surface area (Å²) in [5.74, 6) is 0.618. The molecule has 2 aromatic carbocycles. The highest BCUT2D eigenvalue weighted by Crippen LogP contribution is 2.25. The van der Waals surface area contributed by atoms with Gasteiger partial charge in [0, 0.05) is 12.2 Å². The second kappa shape index (κ2) is 6.71. The highest BCUT2D eigenvalue weighted by Gasteiger charge is 2.20. The summed E-state index contributed by atoms with van der Waals surface area (Å²) < 4.78 is 3.72. The lowest BCUT2D eigenvalue weighted by molar-refractivity contribution is 0.781. The minimum atomic E-state index is -0.0852. The minimum absolute atomic E-state index is 0.0852. The van der Waals surface area contributed by atoms with E-state index in [-0.39, 0.29) is 5.56 Å². The average molecular weight is 378 g/mol. The lowest BCUT2D eigenvalue weighted by atomic mass is 10.2. The summed E-state index contributed by atoms with van der Waals surface area (Å²) in [5, 5.41) is 1.18. The minimum Gasteiger partial charge on any atom is -0.325 e. The molecule has 0 atom stereocenters. The Kier molecular flexibility index (Phi) is 4.36. The number of aryl methyl sites for hydroxylation is 2. The normalized spacial score (nSPS) is 11.3. The van der Waals surface area contributed by atoms with Crippen LogP contribution >= 0.6 is 11.6 Å². The summed E-state index contributed by atoms with van der Waals surface area (Å²) in [6.45, 7) is 6.54. The third kappa shape index (κ3) is 2.86. The van der Waals surface area contributed by atoms with Gasteiger partial charge in [0.1, 0.15) is 11.5 Å². The molecule has 0 aliphatic heterocycles. The van der Waals surface area contributed by atoms with Crippen molar-refractivity contribution in [2.24, 2.45) is 0 Å². The zero-order chi connectivity index (χ0) is 19.1. The first-order valence-electron chi connectivity index (χ1n) is 8.87. The fourth-order valence-corrected chi connectivity index (χ4v) is 3.78. The molecule has 2 heterocycles. The number of aromatic nitrogens is 3. The average Bonchev–Trinajstić information content (AvgIpc) is 2.89. The molecular weight excluding hydrogens is 358 g/mol. The van der Waals surface area contributed by atoms with Gasteiger partial charge < -0.3 is 4.57 Å². The summed E-state index contributed by atoms with van der Waals surface area (Å²) in [6.07, 6.45) is 0. The highest BCUT2D eigenvalue weighted by atomic mass is 35.5. The first-order chi connectivity index (χ1) is 13.0. The molecule has 0 amide bonds. The Labute approximate surface area is 162 Å². The van der Waals surface area contributed by atoms with Gasteiger partial charge >= 0.3 is 0 Å². The van der Waals surface area contributed by atoms with E-state index in [0.29, 0.717) is 28.5 Å². The van der Waals surface area contributed by atoms with Gasteiger partial charge in [0.15, 0.2) is 0 Å². The smallest absolute Gasteiger partial charge is 0.267 e. The number of nitrogens with zero attached hydrogens (tertiary/aromatic N) is 3. The lowest BCUT2D eigenvalue weighted by Crippen LogP contribution is -2.23. The van der Waals surface area contributed by atoms with Crippen LogP contribution in [-0.2, 0) is 6.54 Å². The molecule has 0 aliphatic carbocycles. The van der Waals surface area contributed by atoms with Gasteiger partial charge in [-0.1, -0.05) is 54.1 Å². The summed E-state index contributed by atoms with van der Waals surface area (Å²) in [7, 11) is 0. The summed E-state index contributed by atoms with van der Waals surface area (Å²) in [4.78, 5) is 18.2. The largest absolute Gasteiger partial charge is 0.325 e. The van der Waals surface area contributed by atoms with Crippen LogP contribution in [0.25, 0.3) is 16.7 Å². The first kappa shape index (κ1) is 17.6. The van der Waals surface area contributed by atoms with E-state index in [9.17, 15) is 4.79 Å². The number of rotatable bonds is 3. The van der Waals surface area contributed by atoms with Gasteiger partial charge in [-0.15, -0.1) is 0 Å². The Morgan fingerprint density at radius 3 is 2.33 bits per heavy atom. The molecule has 0 saturated carbocycles. The Morgan fingerprint density at radius 1 is 0.963 bits per heavy atom. The highest BCUT2D eigenvalue weighted by molar-refractivity contribution is 6.32. The van der Waals surface area contributed by atoms with Gasteiger partial charge in [-0.05, 0) is 44.0 Å². The van der Waals surface area contributed by atoms with Crippen molar-refractivity contribution in [3.05, 3.63) is 92.6 Å². The van der Waals surface area contributed by atoms with E-state index in [2.05, 4.69) is 16.7 Å². The van der Waals surface area contributed by atoms with E-state index in [1.165, 1.54) is 5.56 Å². The Bertz CT molecular complexity index is 1210. The Balaban J connectivity index is 1.99. The van der Waals surface area contributed by atoms with Crippen LogP contribution in [0.15, 0.2) is 59.4 Å². The van der Waals surface area contributed by atoms with Crippen LogP contribution in [0.4, 0.5) is 0 Å². The standard InChI is InChI=1S/C22H20ClN3O/c1-14-15(2)25(13-17-9-5-4-6-10-17)21-20(14)22(27)26(16(3)24-21)19-12-8-7-11-18(19)23/h4-12H,13H2,1-3H3. The van der Waals surface area contributed by atoms with E-state index in [1.807, 2.05) is 57.2 Å². The van der Waals surface area contributed by atoms with Crippen LogP contribution in [-0.4, -0.2) is 14.1 Å². The summed E-state index contributed by atoms with van der Waals surface area (Å²) in [5.41, 5.74) is 4.47. The van der Waals surface area contributed by atoms with Crippen molar-refractivity contribution in [3.63, 3.8) is 0 Å². The Morgan fingerprint density at radius 2 is 1.63 bits per heavy atom. The quantitative estimate of drug-likeness (QED) is 0.513. The number of benzene rings is 2. The van der Waals surface area contributed by atoms with Gasteiger partial charge in [0.05, 0.1) is 16.1 Å². The zero-order valence-corrected chi connectivity index (χ0v) is 16.3. The van der Waals surface area contributed by atoms with Crippen LogP contribution in [0.1, 0.15) is 22.6 Å². The number of halogens is 1. The molecule has 2 aromatic heterocycles. The molecular formula is C22H20ClN3O. The number of fused-ring (bicyclic) bond motifs is 1. The van der Waals surface area contributed by atoms with Gasteiger partial charge in [-0.2, -0.15) is 0 Å². The maximum Gasteiger partial charge on any atom is 0.267 e. The molecule has 27 heavy (non-hydrogen) atoms. The molecule has 4 nitrogen and oxygen atoms in total. The van der Waals surface area contributed by atoms with E-state index < -0.39 is 0 Å². The topological polar surface area (TPSA) is 39.8 Å². The summed E-state index contributed by atoms with van der Waals surface area (Å²) in [6, 6.07) is 17.5. The molecule has 0 bridgehead atoms. The third-order valence-corrected chi connectivity index (χ3v) is 5.41. The van der Waals surface area contributed by atoms with Crippen molar-refractivity contribution >= 4 is 22.6 Å². The van der Waals surface area contributed by atoms with E-state index in [4.69, 9.17) is 16.6 Å². The maximum atomic E-state index is 13.4. The molecule has 0 aliphatic rings. The van der Waals surface area contributed by atoms with Crippen LogP contribution < -0.4 is 5.56 Å². The zero-order valence-electron chi connectivity index (χ0n) is 15.5. The van der Waals surface area contributed by atoms with Crippen LogP contribution in [0.5, 0.6) is 0 Å². The molecule has 0 saturated heterocycles. The second-order valence-electron chi connectivity index (χ2n) is 6.73. The molecule has 0 radical (unpaired) electrons. The molecule has 0 N–H and O–H groups in total. The van der Waals surface area contributed by atoms with E-state index in [0.717, 1.165) is 16.9 Å². The molecule has 4 rings (SSSR count). The molecule has 4 aromatic rings. The van der Waals surface area contributed by atoms with Crippen molar-refractivity contribution in [1.82, 2.24) is 14.1 Å². The number of hydrogen-bond acceptors (Lipinski definition) is 2. The lowest BCUT2D eigenvalue weighted by Gasteiger charge is -2.12. The third-order valence-electron chi connectivity index (χ3n) is 5.09. The molecule has 5 heteroatoms. The van der Waals surface area contributed by atoms with Crippen LogP contribution in [0, 0.1) is 20.8 Å². The van der Waals surface area contributed by atoms with Crippen molar-refractivity contribution < 1.29 is 0 Å². The molecule has 136 valence electrons. The predicted molar refractivity (Wildman–Crippen MR) is 110 cm³/mol. The van der Waals surface area contributed by atoms with Gasteiger partial charge in [-0.3, -0.25) is 9.36 Å². The van der Waals surface area contributed by atoms with Crippen molar-refractivity contribution in [2.75, 3.05) is 0 Å². The maximum absolute atomic E-state index is 13.4. The van der Waals surface area contributed by atoms with Crippen molar-refractivity contribution in [2.45, 2.75) is 27.3 Å². The SMILES string of the molecule is Cc1c(C)n(Cc2ccccc2)c2nc(C)n(-c3ccccc3Cl)c(=O)c12. The second-order valence-corrected chi connectivity index (χ2v) is 7.14. The number of hydrogen-bond donors (Lipinski definition) is 0. The monoisotopic (exact) mass is 377 g/mol. The van der Waals surface area contributed by atoms with Crippen molar-refractivity contribution in [3.8, 4) is 5.69 Å². The fraction of sp³-hybridized carbons (Fsp3) is 0.182. The van der Waals surface area contributed by atoms with Crippen LogP contribution in [0.3, 0.4) is 0 Å². The number of para-hydroxylation sites is 1. The molecule has 0 spiro atoms.